The van der Waals surface area contributed by atoms with Crippen LogP contribution in [0.3, 0.4) is 0 Å². The van der Waals surface area contributed by atoms with E-state index in [0.717, 1.165) is 11.1 Å². The van der Waals surface area contributed by atoms with Crippen LogP contribution in [-0.4, -0.2) is 35.6 Å². The van der Waals surface area contributed by atoms with E-state index < -0.39 is 29.8 Å². The van der Waals surface area contributed by atoms with Crippen LogP contribution in [0.5, 0.6) is 5.75 Å². The molecule has 4 atom stereocenters. The normalized spacial score (nSPS) is 25.1. The Kier molecular flexibility index (Phi) is 4.26. The molecule has 0 bridgehead atoms. The number of hydrogen-bond donors (Lipinski definition) is 0. The zero-order valence-corrected chi connectivity index (χ0v) is 17.8. The van der Waals surface area contributed by atoms with E-state index in [1.54, 1.807) is 36.4 Å². The molecule has 0 spiro atoms. The van der Waals surface area contributed by atoms with Crippen molar-refractivity contribution >= 4 is 29.4 Å². The van der Waals surface area contributed by atoms with Crippen molar-refractivity contribution in [2.45, 2.75) is 12.1 Å². The topological polar surface area (TPSA) is 80.1 Å². The molecule has 0 radical (unpaired) electrons. The zero-order valence-electron chi connectivity index (χ0n) is 17.8. The van der Waals surface area contributed by atoms with E-state index in [-0.39, 0.29) is 17.5 Å². The molecule has 0 saturated carbocycles. The fraction of sp³-hybridized carbons (Fsp3) is 0.192. The Morgan fingerprint density at radius 1 is 0.939 bits per heavy atom. The number of anilines is 1. The first-order chi connectivity index (χ1) is 16.1. The molecule has 1 aromatic heterocycles. The summed E-state index contributed by atoms with van der Waals surface area (Å²) in [5.74, 6) is -2.01. The van der Waals surface area contributed by atoms with Crippen molar-refractivity contribution in [3.63, 3.8) is 0 Å². The molecule has 3 aliphatic rings. The molecule has 7 heteroatoms. The van der Waals surface area contributed by atoms with Crippen LogP contribution in [0, 0.1) is 11.8 Å². The quantitative estimate of drug-likeness (QED) is 0.455. The number of ether oxygens (including phenoxy) is 1. The maximum atomic E-state index is 13.8. The molecule has 33 heavy (non-hydrogen) atoms. The average molecular weight is 440 g/mol. The highest BCUT2D eigenvalue weighted by Crippen LogP contribution is 2.54. The van der Waals surface area contributed by atoms with Crippen LogP contribution in [-0.2, 0) is 9.59 Å². The largest absolute Gasteiger partial charge is 0.495 e. The first-order valence-corrected chi connectivity index (χ1v) is 10.7. The van der Waals surface area contributed by atoms with Crippen LogP contribution in [0.1, 0.15) is 27.7 Å². The number of nitrogens with zero attached hydrogens (tertiary/aromatic N) is 2. The fourth-order valence-corrected chi connectivity index (χ4v) is 5.47. The molecule has 2 saturated heterocycles. The third-order valence-corrected chi connectivity index (χ3v) is 6.82. The minimum absolute atomic E-state index is 0.169. The number of amides is 2. The second-order valence-electron chi connectivity index (χ2n) is 8.36. The lowest BCUT2D eigenvalue weighted by Gasteiger charge is -2.35. The van der Waals surface area contributed by atoms with Crippen LogP contribution in [0.2, 0.25) is 0 Å². The molecule has 3 aliphatic heterocycles. The maximum absolute atomic E-state index is 13.8. The van der Waals surface area contributed by atoms with Crippen LogP contribution in [0.4, 0.5) is 5.69 Å². The lowest BCUT2D eigenvalue weighted by molar-refractivity contribution is -0.123. The third kappa shape index (κ3) is 2.65. The van der Waals surface area contributed by atoms with Gasteiger partial charge in [-0.05, 0) is 41.5 Å². The first kappa shape index (κ1) is 19.5. The molecule has 3 aromatic rings. The van der Waals surface area contributed by atoms with Gasteiger partial charge < -0.3 is 14.1 Å². The van der Waals surface area contributed by atoms with Crippen molar-refractivity contribution in [1.82, 2.24) is 4.90 Å². The second kappa shape index (κ2) is 7.20. The van der Waals surface area contributed by atoms with Crippen molar-refractivity contribution in [3.05, 3.63) is 90.0 Å². The van der Waals surface area contributed by atoms with E-state index in [4.69, 9.17) is 9.15 Å². The standard InChI is InChI=1S/C26H20N2O5/c1-32-18-10-5-4-9-17(18)28-25(30)20-21(26(28)31)23(24(29)19-11-6-14-33-19)27-13-12-15-7-2-3-8-16(15)22(20)27/h2-14,20-23H,1H3. The highest BCUT2D eigenvalue weighted by molar-refractivity contribution is 6.25. The van der Waals surface area contributed by atoms with Crippen LogP contribution in [0.15, 0.2) is 77.5 Å². The van der Waals surface area contributed by atoms with Crippen LogP contribution in [0.25, 0.3) is 6.08 Å². The van der Waals surface area contributed by atoms with Gasteiger partial charge in [-0.25, -0.2) is 4.90 Å². The number of carbonyl (C=O) groups excluding carboxylic acids is 3. The van der Waals surface area contributed by atoms with Gasteiger partial charge in [0, 0.05) is 6.20 Å². The van der Waals surface area contributed by atoms with Gasteiger partial charge in [0.25, 0.3) is 0 Å². The molecule has 164 valence electrons. The summed E-state index contributed by atoms with van der Waals surface area (Å²) in [7, 11) is 1.50. The number of imide groups is 1. The van der Waals surface area contributed by atoms with Gasteiger partial charge in [-0.15, -0.1) is 0 Å². The van der Waals surface area contributed by atoms with Crippen molar-refractivity contribution in [2.75, 3.05) is 12.0 Å². The first-order valence-electron chi connectivity index (χ1n) is 10.7. The molecule has 2 amide bonds. The Morgan fingerprint density at radius 2 is 1.70 bits per heavy atom. The van der Waals surface area contributed by atoms with E-state index in [9.17, 15) is 14.4 Å². The second-order valence-corrected chi connectivity index (χ2v) is 8.36. The predicted molar refractivity (Wildman–Crippen MR) is 119 cm³/mol. The highest BCUT2D eigenvalue weighted by Gasteiger charge is 2.65. The Bertz CT molecular complexity index is 1310. The van der Waals surface area contributed by atoms with Gasteiger partial charge in [-0.3, -0.25) is 14.4 Å². The Balaban J connectivity index is 1.52. The number of benzene rings is 2. The third-order valence-electron chi connectivity index (χ3n) is 6.82. The number of para-hydroxylation sites is 2. The minimum Gasteiger partial charge on any atom is -0.495 e. The van der Waals surface area contributed by atoms with Crippen molar-refractivity contribution < 1.29 is 23.5 Å². The van der Waals surface area contributed by atoms with E-state index in [1.165, 1.54) is 18.3 Å². The summed E-state index contributed by atoms with van der Waals surface area (Å²) in [5.41, 5.74) is 2.28. The summed E-state index contributed by atoms with van der Waals surface area (Å²) in [6, 6.07) is 16.6. The molecule has 4 unspecified atom stereocenters. The van der Waals surface area contributed by atoms with Gasteiger partial charge in [-0.2, -0.15) is 0 Å². The molecule has 2 aromatic carbocycles. The number of Topliss-reactive ketones (excluding diaryl/α,β-unsaturated/α-hetero) is 1. The molecule has 0 aliphatic carbocycles. The number of fused-ring (bicyclic) bond motifs is 5. The van der Waals surface area contributed by atoms with Crippen molar-refractivity contribution in [2.24, 2.45) is 11.8 Å². The molecule has 2 fully saturated rings. The van der Waals surface area contributed by atoms with Crippen molar-refractivity contribution in [1.29, 1.82) is 0 Å². The van der Waals surface area contributed by atoms with Gasteiger partial charge >= 0.3 is 0 Å². The van der Waals surface area contributed by atoms with Gasteiger partial charge in [0.15, 0.2) is 5.76 Å². The number of furan rings is 1. The number of hydrogen-bond acceptors (Lipinski definition) is 6. The summed E-state index contributed by atoms with van der Waals surface area (Å²) in [6.07, 6.45) is 5.17. The van der Waals surface area contributed by atoms with Gasteiger partial charge in [-0.1, -0.05) is 36.4 Å². The minimum atomic E-state index is -0.855. The van der Waals surface area contributed by atoms with Gasteiger partial charge in [0.2, 0.25) is 17.6 Å². The van der Waals surface area contributed by atoms with Gasteiger partial charge in [0.05, 0.1) is 36.9 Å². The van der Waals surface area contributed by atoms with E-state index in [0.29, 0.717) is 11.4 Å². The molecule has 6 rings (SSSR count). The van der Waals surface area contributed by atoms with E-state index >= 15 is 0 Å². The van der Waals surface area contributed by atoms with Crippen molar-refractivity contribution in [3.8, 4) is 5.75 Å². The predicted octanol–water partition coefficient (Wildman–Crippen LogP) is 3.69. The Hall–Kier alpha value is -4.13. The summed E-state index contributed by atoms with van der Waals surface area (Å²) in [6.45, 7) is 0. The van der Waals surface area contributed by atoms with Crippen LogP contribution < -0.4 is 9.64 Å². The summed E-state index contributed by atoms with van der Waals surface area (Å²) >= 11 is 0. The molecule has 4 heterocycles. The number of rotatable bonds is 4. The number of methoxy groups -OCH3 is 1. The molecular weight excluding hydrogens is 420 g/mol. The zero-order chi connectivity index (χ0) is 22.7. The Morgan fingerprint density at radius 3 is 2.48 bits per heavy atom. The monoisotopic (exact) mass is 440 g/mol. The molecular formula is C26H20N2O5. The molecule has 0 N–H and O–H groups in total. The Labute approximate surface area is 189 Å². The lowest BCUT2D eigenvalue weighted by atomic mass is 9.84. The lowest BCUT2D eigenvalue weighted by Crippen LogP contribution is -2.44. The van der Waals surface area contributed by atoms with E-state index in [1.807, 2.05) is 41.4 Å². The fourth-order valence-electron chi connectivity index (χ4n) is 5.47. The van der Waals surface area contributed by atoms with Gasteiger partial charge in [0.1, 0.15) is 11.8 Å². The maximum Gasteiger partial charge on any atom is 0.240 e. The summed E-state index contributed by atoms with van der Waals surface area (Å²) < 4.78 is 10.8. The SMILES string of the molecule is COc1ccccc1N1C(=O)C2C(C1=O)C1c3ccccc3C=CN1C2C(=O)c1ccco1. The summed E-state index contributed by atoms with van der Waals surface area (Å²) in [4.78, 5) is 44.3. The number of ketones is 1. The smallest absolute Gasteiger partial charge is 0.240 e. The molecule has 7 nitrogen and oxygen atoms in total. The average Bonchev–Trinajstić information content (AvgIpc) is 3.55. The van der Waals surface area contributed by atoms with Crippen LogP contribution >= 0.6 is 0 Å². The number of carbonyl (C=O) groups is 3. The highest BCUT2D eigenvalue weighted by atomic mass is 16.5. The summed E-state index contributed by atoms with van der Waals surface area (Å²) in [5, 5.41) is 0. The van der Waals surface area contributed by atoms with E-state index in [2.05, 4.69) is 0 Å².